The molecule has 0 radical (unpaired) electrons. The lowest BCUT2D eigenvalue weighted by molar-refractivity contribution is 0.0957. The SMILES string of the molecule is CCOC(=O)Oc1cc2ccc(OC)cc2o1. The van der Waals surface area contributed by atoms with Gasteiger partial charge in [-0.05, 0) is 19.1 Å². The number of carbonyl (C=O) groups excluding carboxylic acids is 1. The van der Waals surface area contributed by atoms with Crippen LogP contribution in [0.3, 0.4) is 0 Å². The number of hydrogen-bond donors (Lipinski definition) is 0. The van der Waals surface area contributed by atoms with Crippen LogP contribution in [0.5, 0.6) is 11.7 Å². The molecule has 2 aromatic rings. The van der Waals surface area contributed by atoms with Gasteiger partial charge in [-0.1, -0.05) is 0 Å². The van der Waals surface area contributed by atoms with E-state index < -0.39 is 6.16 Å². The number of benzene rings is 1. The zero-order chi connectivity index (χ0) is 12.3. The van der Waals surface area contributed by atoms with Crippen LogP contribution in [0.1, 0.15) is 6.92 Å². The molecule has 90 valence electrons. The minimum Gasteiger partial charge on any atom is -0.497 e. The molecule has 0 aliphatic heterocycles. The Bertz CT molecular complexity index is 529. The van der Waals surface area contributed by atoms with E-state index in [1.807, 2.05) is 6.07 Å². The summed E-state index contributed by atoms with van der Waals surface area (Å²) >= 11 is 0. The fourth-order valence-electron chi connectivity index (χ4n) is 1.39. The number of carbonyl (C=O) groups is 1. The van der Waals surface area contributed by atoms with Gasteiger partial charge in [-0.3, -0.25) is 0 Å². The summed E-state index contributed by atoms with van der Waals surface area (Å²) in [5, 5.41) is 0.824. The summed E-state index contributed by atoms with van der Waals surface area (Å²) in [7, 11) is 1.57. The zero-order valence-corrected chi connectivity index (χ0v) is 9.56. The Morgan fingerprint density at radius 2 is 2.18 bits per heavy atom. The summed E-state index contributed by atoms with van der Waals surface area (Å²) in [5.41, 5.74) is 0.587. The first-order valence-electron chi connectivity index (χ1n) is 5.15. The van der Waals surface area contributed by atoms with E-state index in [0.29, 0.717) is 11.3 Å². The molecule has 0 N–H and O–H groups in total. The van der Waals surface area contributed by atoms with E-state index in [-0.39, 0.29) is 12.6 Å². The van der Waals surface area contributed by atoms with Crippen LogP contribution < -0.4 is 9.47 Å². The molecule has 0 atom stereocenters. The second-order valence-corrected chi connectivity index (χ2v) is 3.25. The lowest BCUT2D eigenvalue weighted by Crippen LogP contribution is -2.09. The van der Waals surface area contributed by atoms with Crippen LogP contribution in [0.4, 0.5) is 4.79 Å². The van der Waals surface area contributed by atoms with Gasteiger partial charge in [-0.2, -0.15) is 0 Å². The van der Waals surface area contributed by atoms with Crippen molar-refractivity contribution in [1.82, 2.24) is 0 Å². The Kier molecular flexibility index (Phi) is 3.18. The second kappa shape index (κ2) is 4.78. The maximum atomic E-state index is 11.1. The Morgan fingerprint density at radius 1 is 1.35 bits per heavy atom. The van der Waals surface area contributed by atoms with Gasteiger partial charge in [0.05, 0.1) is 13.7 Å². The van der Waals surface area contributed by atoms with Gasteiger partial charge in [0.1, 0.15) is 11.3 Å². The van der Waals surface area contributed by atoms with Crippen molar-refractivity contribution in [3.8, 4) is 11.7 Å². The Hall–Kier alpha value is -2.17. The van der Waals surface area contributed by atoms with Crippen molar-refractivity contribution in [2.75, 3.05) is 13.7 Å². The molecule has 0 amide bonds. The number of fused-ring (bicyclic) bond motifs is 1. The average molecular weight is 236 g/mol. The van der Waals surface area contributed by atoms with Crippen LogP contribution >= 0.6 is 0 Å². The molecule has 0 fully saturated rings. The monoisotopic (exact) mass is 236 g/mol. The molecule has 1 heterocycles. The highest BCUT2D eigenvalue weighted by molar-refractivity contribution is 5.80. The highest BCUT2D eigenvalue weighted by atomic mass is 16.8. The van der Waals surface area contributed by atoms with Crippen molar-refractivity contribution in [3.63, 3.8) is 0 Å². The molecule has 5 nitrogen and oxygen atoms in total. The first-order chi connectivity index (χ1) is 8.22. The minimum atomic E-state index is -0.779. The van der Waals surface area contributed by atoms with Gasteiger partial charge in [0.2, 0.25) is 0 Å². The predicted molar refractivity (Wildman–Crippen MR) is 60.4 cm³/mol. The molecule has 0 unspecified atom stereocenters. The number of furan rings is 1. The van der Waals surface area contributed by atoms with Gasteiger partial charge in [0.15, 0.2) is 0 Å². The molecule has 0 saturated heterocycles. The van der Waals surface area contributed by atoms with E-state index in [1.165, 1.54) is 0 Å². The Balaban J connectivity index is 2.22. The topological polar surface area (TPSA) is 57.9 Å². The normalized spacial score (nSPS) is 10.2. The first-order valence-corrected chi connectivity index (χ1v) is 5.15. The molecular weight excluding hydrogens is 224 g/mol. The fraction of sp³-hybridized carbons (Fsp3) is 0.250. The van der Waals surface area contributed by atoms with E-state index in [2.05, 4.69) is 4.74 Å². The summed E-state index contributed by atoms with van der Waals surface area (Å²) in [5.74, 6) is 0.779. The molecule has 0 bridgehead atoms. The van der Waals surface area contributed by atoms with Gasteiger partial charge < -0.3 is 18.6 Å². The molecule has 0 aliphatic rings. The molecule has 17 heavy (non-hydrogen) atoms. The standard InChI is InChI=1S/C12H12O5/c1-3-15-12(13)17-11-6-8-4-5-9(14-2)7-10(8)16-11/h4-7H,3H2,1-2H3. The minimum absolute atomic E-state index is 0.103. The Morgan fingerprint density at radius 3 is 2.88 bits per heavy atom. The highest BCUT2D eigenvalue weighted by Gasteiger charge is 2.10. The van der Waals surface area contributed by atoms with E-state index >= 15 is 0 Å². The van der Waals surface area contributed by atoms with Gasteiger partial charge >= 0.3 is 6.16 Å². The molecule has 1 aromatic heterocycles. The lowest BCUT2D eigenvalue weighted by Gasteiger charge is -1.99. The van der Waals surface area contributed by atoms with E-state index in [9.17, 15) is 4.79 Å². The first kappa shape index (κ1) is 11.3. The van der Waals surface area contributed by atoms with E-state index in [1.54, 1.807) is 32.2 Å². The van der Waals surface area contributed by atoms with Crippen LogP contribution in [-0.4, -0.2) is 19.9 Å². The smallest absolute Gasteiger partial charge is 0.497 e. The summed E-state index contributed by atoms with van der Waals surface area (Å²) in [4.78, 5) is 11.1. The van der Waals surface area contributed by atoms with Crippen LogP contribution in [0.25, 0.3) is 11.0 Å². The van der Waals surface area contributed by atoms with Gasteiger partial charge in [-0.25, -0.2) is 4.79 Å². The molecule has 0 aliphatic carbocycles. The summed E-state index contributed by atoms with van der Waals surface area (Å²) in [6.45, 7) is 1.96. The van der Waals surface area contributed by atoms with Crippen molar-refractivity contribution in [2.24, 2.45) is 0 Å². The summed E-state index contributed by atoms with van der Waals surface area (Å²) in [6, 6.07) is 6.95. The van der Waals surface area contributed by atoms with Crippen LogP contribution in [-0.2, 0) is 4.74 Å². The van der Waals surface area contributed by atoms with Crippen LogP contribution in [0, 0.1) is 0 Å². The van der Waals surface area contributed by atoms with Gasteiger partial charge in [0, 0.05) is 17.5 Å². The zero-order valence-electron chi connectivity index (χ0n) is 9.56. The van der Waals surface area contributed by atoms with Gasteiger partial charge in [-0.15, -0.1) is 0 Å². The van der Waals surface area contributed by atoms with Crippen molar-refractivity contribution < 1.29 is 23.4 Å². The number of rotatable bonds is 3. The molecule has 0 saturated carbocycles. The molecule has 1 aromatic carbocycles. The third-order valence-corrected chi connectivity index (χ3v) is 2.15. The van der Waals surface area contributed by atoms with Crippen molar-refractivity contribution >= 4 is 17.1 Å². The van der Waals surface area contributed by atoms with Crippen LogP contribution in [0.2, 0.25) is 0 Å². The molecule has 5 heteroatoms. The fourth-order valence-corrected chi connectivity index (χ4v) is 1.39. The highest BCUT2D eigenvalue weighted by Crippen LogP contribution is 2.28. The van der Waals surface area contributed by atoms with Crippen molar-refractivity contribution in [2.45, 2.75) is 6.92 Å². The third kappa shape index (κ3) is 2.50. The van der Waals surface area contributed by atoms with E-state index in [4.69, 9.17) is 13.9 Å². The molecule has 0 spiro atoms. The second-order valence-electron chi connectivity index (χ2n) is 3.25. The summed E-state index contributed by atoms with van der Waals surface area (Å²) < 4.78 is 19.9. The molecular formula is C12H12O5. The largest absolute Gasteiger partial charge is 0.516 e. The van der Waals surface area contributed by atoms with Crippen LogP contribution in [0.15, 0.2) is 28.7 Å². The Labute approximate surface area is 97.9 Å². The predicted octanol–water partition coefficient (Wildman–Crippen LogP) is 2.98. The molecule has 2 rings (SSSR count). The van der Waals surface area contributed by atoms with Crippen molar-refractivity contribution in [3.05, 3.63) is 24.3 Å². The third-order valence-electron chi connectivity index (χ3n) is 2.15. The average Bonchev–Trinajstić information content (AvgIpc) is 2.69. The van der Waals surface area contributed by atoms with Crippen molar-refractivity contribution in [1.29, 1.82) is 0 Å². The maximum absolute atomic E-state index is 11.1. The maximum Gasteiger partial charge on any atom is 0.516 e. The lowest BCUT2D eigenvalue weighted by atomic mass is 10.2. The van der Waals surface area contributed by atoms with E-state index in [0.717, 1.165) is 5.39 Å². The number of methoxy groups -OCH3 is 1. The quantitative estimate of drug-likeness (QED) is 0.767. The number of hydrogen-bond acceptors (Lipinski definition) is 5. The van der Waals surface area contributed by atoms with Gasteiger partial charge in [0.25, 0.3) is 5.95 Å². The summed E-state index contributed by atoms with van der Waals surface area (Å²) in [6.07, 6.45) is -0.779. The number of ether oxygens (including phenoxy) is 3.